The fourth-order valence-corrected chi connectivity index (χ4v) is 1.24. The van der Waals surface area contributed by atoms with Gasteiger partial charge in [-0.1, -0.05) is 11.6 Å². The van der Waals surface area contributed by atoms with Crippen molar-refractivity contribution in [3.8, 4) is 11.9 Å². The van der Waals surface area contributed by atoms with Crippen LogP contribution in [0.25, 0.3) is 0 Å². The highest BCUT2D eigenvalue weighted by Gasteiger charge is 2.33. The summed E-state index contributed by atoms with van der Waals surface area (Å²) in [5, 5.41) is 7.60. The summed E-state index contributed by atoms with van der Waals surface area (Å²) >= 11 is 5.25. The summed E-state index contributed by atoms with van der Waals surface area (Å²) in [5.74, 6) is -1.07. The van der Waals surface area contributed by atoms with Crippen molar-refractivity contribution < 1.29 is 26.7 Å². The first-order chi connectivity index (χ1) is 7.74. The van der Waals surface area contributed by atoms with Crippen LogP contribution in [0.15, 0.2) is 6.07 Å². The minimum atomic E-state index is -5.05. The summed E-state index contributed by atoms with van der Waals surface area (Å²) in [7, 11) is 0. The van der Waals surface area contributed by atoms with E-state index in [0.29, 0.717) is 6.07 Å². The molecule has 0 aliphatic rings. The Morgan fingerprint density at radius 2 is 2.00 bits per heavy atom. The van der Waals surface area contributed by atoms with Crippen LogP contribution >= 0.6 is 11.6 Å². The van der Waals surface area contributed by atoms with E-state index in [1.807, 2.05) is 0 Å². The lowest BCUT2D eigenvalue weighted by molar-refractivity contribution is -0.276. The molecule has 9 heteroatoms. The molecule has 0 aliphatic carbocycles. The molecule has 0 atom stereocenters. The van der Waals surface area contributed by atoms with E-state index < -0.39 is 34.9 Å². The van der Waals surface area contributed by atoms with Gasteiger partial charge in [-0.2, -0.15) is 5.26 Å². The first-order valence-electron chi connectivity index (χ1n) is 3.89. The van der Waals surface area contributed by atoms with Crippen LogP contribution in [0.2, 0.25) is 5.15 Å². The van der Waals surface area contributed by atoms with Crippen LogP contribution in [0.4, 0.5) is 22.0 Å². The van der Waals surface area contributed by atoms with Crippen LogP contribution in [0, 0.1) is 11.3 Å². The molecule has 1 aromatic heterocycles. The molecule has 0 spiro atoms. The molecule has 0 fully saturated rings. The van der Waals surface area contributed by atoms with Crippen LogP contribution in [-0.4, -0.2) is 11.3 Å². The topological polar surface area (TPSA) is 45.9 Å². The predicted octanol–water partition coefficient (Wildman–Crippen LogP) is 3.44. The summed E-state index contributed by atoms with van der Waals surface area (Å²) in [6.07, 6.45) is -8.17. The summed E-state index contributed by atoms with van der Waals surface area (Å²) in [4.78, 5) is 2.98. The molecule has 0 saturated carbocycles. The van der Waals surface area contributed by atoms with E-state index in [4.69, 9.17) is 16.9 Å². The van der Waals surface area contributed by atoms with Gasteiger partial charge in [-0.15, -0.1) is 13.2 Å². The van der Waals surface area contributed by atoms with Gasteiger partial charge < -0.3 is 4.74 Å². The molecular formula is C8H2ClF5N2O. The zero-order valence-electron chi connectivity index (χ0n) is 7.73. The Hall–Kier alpha value is -1.62. The molecule has 0 aromatic carbocycles. The Morgan fingerprint density at radius 1 is 1.41 bits per heavy atom. The predicted molar refractivity (Wildman–Crippen MR) is 45.6 cm³/mol. The van der Waals surface area contributed by atoms with E-state index in [2.05, 4.69) is 9.72 Å². The maximum absolute atomic E-state index is 12.4. The minimum Gasteiger partial charge on any atom is -0.388 e. The number of ether oxygens (including phenoxy) is 1. The SMILES string of the molecule is N#Cc1cc(OC(F)(F)F)nc(Cl)c1C(F)F. The second-order valence-electron chi connectivity index (χ2n) is 2.67. The average Bonchev–Trinajstić information content (AvgIpc) is 2.12. The summed E-state index contributed by atoms with van der Waals surface area (Å²) < 4.78 is 63.7. The summed E-state index contributed by atoms with van der Waals surface area (Å²) in [6, 6.07) is 1.74. The monoisotopic (exact) mass is 272 g/mol. The number of rotatable bonds is 2. The van der Waals surface area contributed by atoms with Gasteiger partial charge >= 0.3 is 6.36 Å². The van der Waals surface area contributed by atoms with Gasteiger partial charge in [-0.05, 0) is 0 Å². The Kier molecular flexibility index (Phi) is 3.72. The molecule has 1 aromatic rings. The standard InChI is InChI=1S/C8H2ClF5N2O/c9-6-5(7(10)11)3(2-15)1-4(16-6)17-8(12,13)14/h1,7H. The van der Waals surface area contributed by atoms with E-state index in [1.54, 1.807) is 0 Å². The minimum absolute atomic E-state index is 0.445. The number of alkyl halides is 5. The molecule has 17 heavy (non-hydrogen) atoms. The smallest absolute Gasteiger partial charge is 0.388 e. The van der Waals surface area contributed by atoms with Crippen LogP contribution in [0.1, 0.15) is 17.6 Å². The van der Waals surface area contributed by atoms with Gasteiger partial charge in [-0.3, -0.25) is 0 Å². The van der Waals surface area contributed by atoms with Gasteiger partial charge in [0.1, 0.15) is 5.15 Å². The fourth-order valence-electron chi connectivity index (χ4n) is 0.973. The van der Waals surface area contributed by atoms with Gasteiger partial charge in [0.25, 0.3) is 6.43 Å². The zero-order chi connectivity index (χ0) is 13.2. The van der Waals surface area contributed by atoms with Crippen molar-refractivity contribution in [2.24, 2.45) is 0 Å². The molecule has 1 rings (SSSR count). The molecule has 0 saturated heterocycles. The normalized spacial score (nSPS) is 11.4. The van der Waals surface area contributed by atoms with E-state index in [1.165, 1.54) is 6.07 Å². The summed E-state index contributed by atoms with van der Waals surface area (Å²) in [6.45, 7) is 0. The third-order valence-electron chi connectivity index (χ3n) is 1.55. The van der Waals surface area contributed by atoms with Gasteiger partial charge in [0, 0.05) is 6.07 Å². The van der Waals surface area contributed by atoms with Gasteiger partial charge in [0.2, 0.25) is 5.88 Å². The van der Waals surface area contributed by atoms with Gasteiger partial charge in [0.05, 0.1) is 17.2 Å². The van der Waals surface area contributed by atoms with Crippen LogP contribution in [0.5, 0.6) is 5.88 Å². The molecule has 92 valence electrons. The van der Waals surface area contributed by atoms with Crippen LogP contribution in [-0.2, 0) is 0 Å². The van der Waals surface area contributed by atoms with Gasteiger partial charge in [0.15, 0.2) is 0 Å². The Labute approximate surface area is 96.4 Å². The molecule has 1 heterocycles. The molecule has 0 bridgehead atoms. The number of nitriles is 1. The fraction of sp³-hybridized carbons (Fsp3) is 0.250. The highest BCUT2D eigenvalue weighted by atomic mass is 35.5. The van der Waals surface area contributed by atoms with Crippen molar-refractivity contribution >= 4 is 11.6 Å². The zero-order valence-corrected chi connectivity index (χ0v) is 8.48. The lowest BCUT2D eigenvalue weighted by Gasteiger charge is -2.10. The van der Waals surface area contributed by atoms with E-state index >= 15 is 0 Å². The molecule has 0 amide bonds. The lowest BCUT2D eigenvalue weighted by Crippen LogP contribution is -2.18. The van der Waals surface area contributed by atoms with Crippen LogP contribution < -0.4 is 4.74 Å². The number of hydrogen-bond donors (Lipinski definition) is 0. The Balaban J connectivity index is 3.24. The summed E-state index contributed by atoms with van der Waals surface area (Å²) in [5.41, 5.74) is -1.65. The van der Waals surface area contributed by atoms with Crippen molar-refractivity contribution in [3.05, 3.63) is 22.3 Å². The number of pyridine rings is 1. The van der Waals surface area contributed by atoms with Gasteiger partial charge in [-0.25, -0.2) is 13.8 Å². The number of hydrogen-bond acceptors (Lipinski definition) is 3. The van der Waals surface area contributed by atoms with Crippen molar-refractivity contribution in [1.29, 1.82) is 5.26 Å². The first-order valence-corrected chi connectivity index (χ1v) is 4.27. The van der Waals surface area contributed by atoms with E-state index in [0.717, 1.165) is 0 Å². The third-order valence-corrected chi connectivity index (χ3v) is 1.84. The maximum Gasteiger partial charge on any atom is 0.574 e. The third kappa shape index (κ3) is 3.42. The van der Waals surface area contributed by atoms with E-state index in [-0.39, 0.29) is 0 Å². The van der Waals surface area contributed by atoms with Crippen molar-refractivity contribution in [2.75, 3.05) is 0 Å². The highest BCUT2D eigenvalue weighted by Crippen LogP contribution is 2.32. The lowest BCUT2D eigenvalue weighted by atomic mass is 10.1. The molecule has 0 N–H and O–H groups in total. The van der Waals surface area contributed by atoms with Crippen molar-refractivity contribution in [1.82, 2.24) is 4.98 Å². The molecule has 0 aliphatic heterocycles. The molecule has 0 unspecified atom stereocenters. The van der Waals surface area contributed by atoms with Crippen molar-refractivity contribution in [2.45, 2.75) is 12.8 Å². The largest absolute Gasteiger partial charge is 0.574 e. The highest BCUT2D eigenvalue weighted by molar-refractivity contribution is 6.30. The molecule has 0 radical (unpaired) electrons. The Morgan fingerprint density at radius 3 is 2.41 bits per heavy atom. The molecular weight excluding hydrogens is 271 g/mol. The first kappa shape index (κ1) is 13.4. The number of halogens is 6. The Bertz CT molecular complexity index is 468. The molecule has 3 nitrogen and oxygen atoms in total. The number of nitrogens with zero attached hydrogens (tertiary/aromatic N) is 2. The van der Waals surface area contributed by atoms with Crippen LogP contribution in [0.3, 0.4) is 0 Å². The van der Waals surface area contributed by atoms with E-state index in [9.17, 15) is 22.0 Å². The second-order valence-corrected chi connectivity index (χ2v) is 3.03. The maximum atomic E-state index is 12.4. The van der Waals surface area contributed by atoms with Crippen molar-refractivity contribution in [3.63, 3.8) is 0 Å². The second kappa shape index (κ2) is 4.71. The number of aromatic nitrogens is 1. The average molecular weight is 273 g/mol. The quantitative estimate of drug-likeness (QED) is 0.612.